The second-order valence-corrected chi connectivity index (χ2v) is 7.79. The van der Waals surface area contributed by atoms with E-state index in [1.807, 2.05) is 25.0 Å². The van der Waals surface area contributed by atoms with Crippen LogP contribution < -0.4 is 5.32 Å². The lowest BCUT2D eigenvalue weighted by Gasteiger charge is -2.51. The Labute approximate surface area is 125 Å². The van der Waals surface area contributed by atoms with Gasteiger partial charge in [0.2, 0.25) is 11.8 Å². The first-order valence-electron chi connectivity index (χ1n) is 7.58. The number of hydrogen-bond acceptors (Lipinski definition) is 3. The van der Waals surface area contributed by atoms with E-state index in [1.165, 1.54) is 0 Å². The average molecular weight is 296 g/mol. The van der Waals surface area contributed by atoms with Crippen LogP contribution in [0, 0.1) is 11.8 Å². The Kier molecular flexibility index (Phi) is 3.31. The van der Waals surface area contributed by atoms with E-state index in [4.69, 9.17) is 0 Å². The number of nitrogens with zero attached hydrogens (tertiary/aromatic N) is 1. The summed E-state index contributed by atoms with van der Waals surface area (Å²) in [6.07, 6.45) is 6.28. The molecule has 1 aliphatic heterocycles. The van der Waals surface area contributed by atoms with Gasteiger partial charge in [0.05, 0.1) is 0 Å². The number of hydrogen-bond donors (Lipinski definition) is 1. The Morgan fingerprint density at radius 3 is 2.30 bits per heavy atom. The minimum atomic E-state index is -0.663. The van der Waals surface area contributed by atoms with Gasteiger partial charge in [0.25, 0.3) is 0 Å². The standard InChI is InChI=1S/C15H24N2O2S/c1-14(10-4-5-10)13(19)17(8-9-20-3)15(2,11-6-7-11)12(18)16-14/h10-11H,4-9H2,1-3H3,(H,16,18). The predicted molar refractivity (Wildman–Crippen MR) is 80.5 cm³/mol. The molecule has 4 nitrogen and oxygen atoms in total. The molecule has 1 N–H and O–H groups in total. The van der Waals surface area contributed by atoms with Crippen LogP contribution in [0.3, 0.4) is 0 Å². The van der Waals surface area contributed by atoms with Crippen LogP contribution in [-0.4, -0.2) is 46.3 Å². The van der Waals surface area contributed by atoms with E-state index < -0.39 is 11.1 Å². The highest BCUT2D eigenvalue weighted by atomic mass is 32.2. The van der Waals surface area contributed by atoms with Gasteiger partial charge in [0.1, 0.15) is 11.1 Å². The molecule has 2 saturated carbocycles. The molecule has 0 radical (unpaired) electrons. The van der Waals surface area contributed by atoms with Crippen LogP contribution in [0.4, 0.5) is 0 Å². The maximum atomic E-state index is 13.0. The summed E-state index contributed by atoms with van der Waals surface area (Å²) in [5.74, 6) is 1.77. The van der Waals surface area contributed by atoms with Crippen molar-refractivity contribution < 1.29 is 9.59 Å². The lowest BCUT2D eigenvalue weighted by molar-refractivity contribution is -0.163. The molecular weight excluding hydrogens is 272 g/mol. The van der Waals surface area contributed by atoms with E-state index in [2.05, 4.69) is 5.32 Å². The molecule has 20 heavy (non-hydrogen) atoms. The van der Waals surface area contributed by atoms with Crippen LogP contribution >= 0.6 is 11.8 Å². The van der Waals surface area contributed by atoms with E-state index in [-0.39, 0.29) is 11.8 Å². The Hall–Kier alpha value is -0.710. The van der Waals surface area contributed by atoms with Gasteiger partial charge in [0, 0.05) is 12.3 Å². The van der Waals surface area contributed by atoms with Crippen molar-refractivity contribution in [2.24, 2.45) is 11.8 Å². The molecule has 0 spiro atoms. The zero-order valence-electron chi connectivity index (χ0n) is 12.6. The van der Waals surface area contributed by atoms with Crippen molar-refractivity contribution in [3.05, 3.63) is 0 Å². The Morgan fingerprint density at radius 1 is 1.20 bits per heavy atom. The van der Waals surface area contributed by atoms with E-state index in [9.17, 15) is 9.59 Å². The van der Waals surface area contributed by atoms with Crippen LogP contribution in [0.2, 0.25) is 0 Å². The molecule has 0 bridgehead atoms. The normalized spacial score (nSPS) is 38.0. The summed E-state index contributed by atoms with van der Waals surface area (Å²) in [6, 6.07) is 0. The lowest BCUT2D eigenvalue weighted by Crippen LogP contribution is -2.75. The monoisotopic (exact) mass is 296 g/mol. The summed E-state index contributed by atoms with van der Waals surface area (Å²) in [7, 11) is 0. The average Bonchev–Trinajstić information content (AvgIpc) is 3.28. The van der Waals surface area contributed by atoms with Gasteiger partial charge in [-0.05, 0) is 57.6 Å². The molecule has 0 aromatic heterocycles. The molecular formula is C15H24N2O2S. The van der Waals surface area contributed by atoms with Gasteiger partial charge in [-0.15, -0.1) is 0 Å². The van der Waals surface area contributed by atoms with Crippen molar-refractivity contribution in [1.29, 1.82) is 0 Å². The molecule has 3 fully saturated rings. The first-order chi connectivity index (χ1) is 9.44. The molecule has 3 aliphatic rings. The fraction of sp³-hybridized carbons (Fsp3) is 0.867. The quantitative estimate of drug-likeness (QED) is 0.839. The summed E-state index contributed by atoms with van der Waals surface area (Å²) >= 11 is 1.73. The highest BCUT2D eigenvalue weighted by Gasteiger charge is 2.62. The van der Waals surface area contributed by atoms with Crippen molar-refractivity contribution in [2.45, 2.75) is 50.6 Å². The number of piperazine rings is 1. The van der Waals surface area contributed by atoms with Gasteiger partial charge in [-0.2, -0.15) is 11.8 Å². The van der Waals surface area contributed by atoms with Crippen molar-refractivity contribution in [1.82, 2.24) is 10.2 Å². The third kappa shape index (κ3) is 1.97. The number of carbonyl (C=O) groups excluding carboxylic acids is 2. The molecule has 1 heterocycles. The second-order valence-electron chi connectivity index (χ2n) is 6.80. The maximum absolute atomic E-state index is 13.0. The second kappa shape index (κ2) is 4.65. The molecule has 2 unspecified atom stereocenters. The molecule has 3 rings (SSSR count). The van der Waals surface area contributed by atoms with Crippen molar-refractivity contribution in [3.8, 4) is 0 Å². The summed E-state index contributed by atoms with van der Waals surface area (Å²) in [6.45, 7) is 4.57. The zero-order chi connectivity index (χ0) is 14.5. The SMILES string of the molecule is CSCCN1C(=O)C(C)(C2CC2)NC(=O)C1(C)C1CC1. The molecule has 5 heteroatoms. The molecule has 2 aliphatic carbocycles. The molecule has 112 valence electrons. The van der Waals surface area contributed by atoms with Crippen LogP contribution in [0.15, 0.2) is 0 Å². The van der Waals surface area contributed by atoms with Gasteiger partial charge in [-0.25, -0.2) is 0 Å². The van der Waals surface area contributed by atoms with Gasteiger partial charge in [-0.1, -0.05) is 0 Å². The number of carbonyl (C=O) groups is 2. The highest BCUT2D eigenvalue weighted by Crippen LogP contribution is 2.49. The summed E-state index contributed by atoms with van der Waals surface area (Å²) in [4.78, 5) is 27.7. The fourth-order valence-corrected chi connectivity index (χ4v) is 3.90. The molecule has 0 aromatic rings. The van der Waals surface area contributed by atoms with Crippen molar-refractivity contribution >= 4 is 23.6 Å². The number of nitrogens with one attached hydrogen (secondary N) is 1. The van der Waals surface area contributed by atoms with Crippen LogP contribution in [0.25, 0.3) is 0 Å². The summed E-state index contributed by atoms with van der Waals surface area (Å²) in [5.41, 5.74) is -1.29. The van der Waals surface area contributed by atoms with Crippen molar-refractivity contribution in [2.75, 3.05) is 18.6 Å². The van der Waals surface area contributed by atoms with E-state index in [0.29, 0.717) is 18.4 Å². The fourth-order valence-electron chi connectivity index (χ4n) is 3.53. The topological polar surface area (TPSA) is 49.4 Å². The van der Waals surface area contributed by atoms with Crippen molar-refractivity contribution in [3.63, 3.8) is 0 Å². The van der Waals surface area contributed by atoms with E-state index >= 15 is 0 Å². The number of rotatable bonds is 5. The summed E-state index contributed by atoms with van der Waals surface area (Å²) < 4.78 is 0. The van der Waals surface area contributed by atoms with Crippen LogP contribution in [-0.2, 0) is 9.59 Å². The zero-order valence-corrected chi connectivity index (χ0v) is 13.4. The van der Waals surface area contributed by atoms with Crippen LogP contribution in [0.5, 0.6) is 0 Å². The van der Waals surface area contributed by atoms with E-state index in [1.54, 1.807) is 11.8 Å². The first-order valence-corrected chi connectivity index (χ1v) is 8.97. The van der Waals surface area contributed by atoms with Gasteiger partial charge in [0.15, 0.2) is 0 Å². The Balaban J connectivity index is 1.92. The Bertz CT molecular complexity index is 447. The molecule has 1 saturated heterocycles. The number of thioether (sulfide) groups is 1. The first kappa shape index (κ1) is 14.2. The maximum Gasteiger partial charge on any atom is 0.249 e. The van der Waals surface area contributed by atoms with E-state index in [0.717, 1.165) is 31.4 Å². The minimum absolute atomic E-state index is 0.0649. The highest BCUT2D eigenvalue weighted by molar-refractivity contribution is 7.98. The van der Waals surface area contributed by atoms with Gasteiger partial charge >= 0.3 is 0 Å². The largest absolute Gasteiger partial charge is 0.340 e. The third-order valence-electron chi connectivity index (χ3n) is 5.37. The predicted octanol–water partition coefficient (Wildman–Crippen LogP) is 1.65. The molecule has 2 atom stereocenters. The van der Waals surface area contributed by atoms with Gasteiger partial charge in [-0.3, -0.25) is 9.59 Å². The smallest absolute Gasteiger partial charge is 0.249 e. The molecule has 0 aromatic carbocycles. The Morgan fingerprint density at radius 2 is 1.80 bits per heavy atom. The molecule has 2 amide bonds. The minimum Gasteiger partial charge on any atom is -0.340 e. The van der Waals surface area contributed by atoms with Gasteiger partial charge < -0.3 is 10.2 Å². The lowest BCUT2D eigenvalue weighted by atomic mass is 9.81. The third-order valence-corrected chi connectivity index (χ3v) is 5.96. The number of amides is 2. The summed E-state index contributed by atoms with van der Waals surface area (Å²) in [5, 5.41) is 3.09. The van der Waals surface area contributed by atoms with Crippen LogP contribution in [0.1, 0.15) is 39.5 Å².